The van der Waals surface area contributed by atoms with Crippen LogP contribution in [0.25, 0.3) is 0 Å². The Balaban J connectivity index is 2.54. The summed E-state index contributed by atoms with van der Waals surface area (Å²) in [5.74, 6) is 0. The molecule has 1 aliphatic heterocycles. The number of anilines is 2. The van der Waals surface area contributed by atoms with Gasteiger partial charge in [-0.15, -0.1) is 0 Å². The first kappa shape index (κ1) is 11.6. The standard InChI is InChI=1S/C12H18ClN3/c1-8-4-10(13)12-11(5-8)16(3)9(6-14)7-15(12)2/h4-5,9H,6-7,14H2,1-3H3. The Kier molecular flexibility index (Phi) is 3.00. The first-order valence-corrected chi connectivity index (χ1v) is 5.86. The highest BCUT2D eigenvalue weighted by atomic mass is 35.5. The first-order valence-electron chi connectivity index (χ1n) is 5.48. The Morgan fingerprint density at radius 1 is 1.44 bits per heavy atom. The molecule has 0 saturated carbocycles. The number of rotatable bonds is 1. The summed E-state index contributed by atoms with van der Waals surface area (Å²) in [6, 6.07) is 4.53. The molecule has 1 aromatic rings. The van der Waals surface area contributed by atoms with E-state index in [-0.39, 0.29) is 0 Å². The normalized spacial score (nSPS) is 19.9. The lowest BCUT2D eigenvalue weighted by Crippen LogP contribution is -2.49. The molecule has 0 saturated heterocycles. The van der Waals surface area contributed by atoms with E-state index < -0.39 is 0 Å². The number of halogens is 1. The van der Waals surface area contributed by atoms with Crippen molar-refractivity contribution in [3.63, 3.8) is 0 Å². The zero-order valence-corrected chi connectivity index (χ0v) is 10.8. The Morgan fingerprint density at radius 3 is 2.75 bits per heavy atom. The number of hydrogen-bond acceptors (Lipinski definition) is 3. The lowest BCUT2D eigenvalue weighted by Gasteiger charge is -2.41. The smallest absolute Gasteiger partial charge is 0.0791 e. The van der Waals surface area contributed by atoms with Crippen molar-refractivity contribution in [1.82, 2.24) is 0 Å². The topological polar surface area (TPSA) is 32.5 Å². The summed E-state index contributed by atoms with van der Waals surface area (Å²) in [7, 11) is 4.15. The zero-order chi connectivity index (χ0) is 11.9. The monoisotopic (exact) mass is 239 g/mol. The fraction of sp³-hybridized carbons (Fsp3) is 0.500. The second kappa shape index (κ2) is 4.15. The molecule has 0 aliphatic carbocycles. The van der Waals surface area contributed by atoms with Gasteiger partial charge in [-0.3, -0.25) is 0 Å². The van der Waals surface area contributed by atoms with Crippen LogP contribution in [0.3, 0.4) is 0 Å². The maximum Gasteiger partial charge on any atom is 0.0791 e. The predicted octanol–water partition coefficient (Wildman–Crippen LogP) is 1.86. The third-order valence-electron chi connectivity index (χ3n) is 3.25. The highest BCUT2D eigenvalue weighted by Gasteiger charge is 2.27. The largest absolute Gasteiger partial charge is 0.370 e. The second-order valence-corrected chi connectivity index (χ2v) is 4.90. The number of fused-ring (bicyclic) bond motifs is 1. The highest BCUT2D eigenvalue weighted by molar-refractivity contribution is 6.34. The van der Waals surface area contributed by atoms with Gasteiger partial charge in [0.2, 0.25) is 0 Å². The Bertz CT molecular complexity index is 405. The average Bonchev–Trinajstić information content (AvgIpc) is 2.22. The molecule has 0 radical (unpaired) electrons. The van der Waals surface area contributed by atoms with Crippen LogP contribution in [0, 0.1) is 6.92 Å². The Morgan fingerprint density at radius 2 is 2.12 bits per heavy atom. The van der Waals surface area contributed by atoms with Crippen LogP contribution in [0.2, 0.25) is 5.02 Å². The summed E-state index contributed by atoms with van der Waals surface area (Å²) in [5, 5.41) is 0.819. The van der Waals surface area contributed by atoms with Crippen LogP contribution in [0.1, 0.15) is 5.56 Å². The highest BCUT2D eigenvalue weighted by Crippen LogP contribution is 2.40. The molecule has 88 valence electrons. The molecule has 0 fully saturated rings. The lowest BCUT2D eigenvalue weighted by molar-refractivity contribution is 0.609. The number of aryl methyl sites for hydroxylation is 1. The maximum atomic E-state index is 6.30. The maximum absolute atomic E-state index is 6.30. The van der Waals surface area contributed by atoms with Crippen molar-refractivity contribution in [1.29, 1.82) is 0 Å². The fourth-order valence-electron chi connectivity index (χ4n) is 2.32. The van der Waals surface area contributed by atoms with Gasteiger partial charge >= 0.3 is 0 Å². The number of hydrogen-bond donors (Lipinski definition) is 1. The molecule has 1 unspecified atom stereocenters. The van der Waals surface area contributed by atoms with Gasteiger partial charge in [0.05, 0.1) is 22.4 Å². The van der Waals surface area contributed by atoms with Crippen LogP contribution in [0.15, 0.2) is 12.1 Å². The minimum atomic E-state index is 0.357. The molecule has 3 nitrogen and oxygen atoms in total. The molecule has 0 amide bonds. The molecular weight excluding hydrogens is 222 g/mol. The number of nitrogens with two attached hydrogens (primary N) is 1. The Labute approximate surface area is 102 Å². The number of benzene rings is 1. The summed E-state index contributed by atoms with van der Waals surface area (Å²) in [4.78, 5) is 4.42. The summed E-state index contributed by atoms with van der Waals surface area (Å²) in [6.07, 6.45) is 0. The van der Waals surface area contributed by atoms with Crippen molar-refractivity contribution in [2.45, 2.75) is 13.0 Å². The van der Waals surface area contributed by atoms with Crippen LogP contribution in [-0.2, 0) is 0 Å². The summed E-state index contributed by atoms with van der Waals surface area (Å²) in [5.41, 5.74) is 9.26. The molecule has 1 heterocycles. The van der Waals surface area contributed by atoms with E-state index in [1.165, 1.54) is 11.3 Å². The fourth-order valence-corrected chi connectivity index (χ4v) is 2.74. The van der Waals surface area contributed by atoms with Crippen molar-refractivity contribution in [3.05, 3.63) is 22.7 Å². The summed E-state index contributed by atoms with van der Waals surface area (Å²) < 4.78 is 0. The van der Waals surface area contributed by atoms with Crippen molar-refractivity contribution in [2.75, 3.05) is 37.0 Å². The molecule has 1 aliphatic rings. The third kappa shape index (κ3) is 1.74. The molecule has 16 heavy (non-hydrogen) atoms. The predicted molar refractivity (Wildman–Crippen MR) is 70.7 cm³/mol. The van der Waals surface area contributed by atoms with Crippen molar-refractivity contribution < 1.29 is 0 Å². The van der Waals surface area contributed by atoms with Crippen LogP contribution < -0.4 is 15.5 Å². The average molecular weight is 240 g/mol. The molecular formula is C12H18ClN3. The van der Waals surface area contributed by atoms with Gasteiger partial charge in [0.1, 0.15) is 0 Å². The summed E-state index contributed by atoms with van der Waals surface area (Å²) >= 11 is 6.30. The van der Waals surface area contributed by atoms with Crippen LogP contribution in [0.4, 0.5) is 11.4 Å². The zero-order valence-electron chi connectivity index (χ0n) is 10.00. The van der Waals surface area contributed by atoms with Gasteiger partial charge in [0.25, 0.3) is 0 Å². The van der Waals surface area contributed by atoms with Gasteiger partial charge in [0.15, 0.2) is 0 Å². The molecule has 2 rings (SSSR count). The molecule has 0 bridgehead atoms. The second-order valence-electron chi connectivity index (χ2n) is 4.50. The Hall–Kier alpha value is -0.930. The molecule has 2 N–H and O–H groups in total. The van der Waals surface area contributed by atoms with Gasteiger partial charge in [-0.2, -0.15) is 0 Å². The van der Waals surface area contributed by atoms with Crippen LogP contribution in [0.5, 0.6) is 0 Å². The lowest BCUT2D eigenvalue weighted by atomic mass is 10.1. The van der Waals surface area contributed by atoms with E-state index in [9.17, 15) is 0 Å². The van der Waals surface area contributed by atoms with E-state index in [4.69, 9.17) is 17.3 Å². The third-order valence-corrected chi connectivity index (χ3v) is 3.54. The first-order chi connectivity index (χ1) is 7.54. The van der Waals surface area contributed by atoms with Gasteiger partial charge in [-0.25, -0.2) is 0 Å². The van der Waals surface area contributed by atoms with E-state index >= 15 is 0 Å². The quantitative estimate of drug-likeness (QED) is 0.812. The molecule has 0 spiro atoms. The SMILES string of the molecule is Cc1cc(Cl)c2c(c1)N(C)C(CN)CN2C. The van der Waals surface area contributed by atoms with Crippen molar-refractivity contribution >= 4 is 23.0 Å². The van der Waals surface area contributed by atoms with Gasteiger partial charge in [-0.05, 0) is 24.6 Å². The van der Waals surface area contributed by atoms with Crippen LogP contribution >= 0.6 is 11.6 Å². The van der Waals surface area contributed by atoms with E-state index in [0.29, 0.717) is 12.6 Å². The van der Waals surface area contributed by atoms with Crippen molar-refractivity contribution in [2.24, 2.45) is 5.73 Å². The van der Waals surface area contributed by atoms with Gasteiger partial charge in [0, 0.05) is 27.2 Å². The van der Waals surface area contributed by atoms with Crippen LogP contribution in [-0.4, -0.2) is 33.2 Å². The molecule has 4 heteroatoms. The molecule has 1 aromatic carbocycles. The van der Waals surface area contributed by atoms with Crippen molar-refractivity contribution in [3.8, 4) is 0 Å². The summed E-state index contributed by atoms with van der Waals surface area (Å²) in [6.45, 7) is 3.64. The van der Waals surface area contributed by atoms with E-state index in [1.807, 2.05) is 6.07 Å². The number of likely N-dealkylation sites (N-methyl/N-ethyl adjacent to an activating group) is 2. The van der Waals surface area contributed by atoms with E-state index in [1.54, 1.807) is 0 Å². The minimum absolute atomic E-state index is 0.357. The van der Waals surface area contributed by atoms with E-state index in [2.05, 4.69) is 36.9 Å². The van der Waals surface area contributed by atoms with Gasteiger partial charge < -0.3 is 15.5 Å². The number of nitrogens with zero attached hydrogens (tertiary/aromatic N) is 2. The van der Waals surface area contributed by atoms with Gasteiger partial charge in [-0.1, -0.05) is 11.6 Å². The molecule has 0 aromatic heterocycles. The minimum Gasteiger partial charge on any atom is -0.370 e. The molecule has 1 atom stereocenters. The van der Waals surface area contributed by atoms with E-state index in [0.717, 1.165) is 17.3 Å².